The summed E-state index contributed by atoms with van der Waals surface area (Å²) in [6.07, 6.45) is -3.63. The van der Waals surface area contributed by atoms with Crippen LogP contribution in [-0.2, 0) is 6.18 Å². The van der Waals surface area contributed by atoms with Gasteiger partial charge in [-0.2, -0.15) is 18.4 Å². The maximum Gasteiger partial charge on any atom is 0.417 e. The molecule has 0 amide bonds. The maximum atomic E-state index is 12.7. The molecule has 0 saturated carbocycles. The largest absolute Gasteiger partial charge is 0.417 e. The van der Waals surface area contributed by atoms with Crippen molar-refractivity contribution >= 4 is 0 Å². The number of halogens is 3. The Morgan fingerprint density at radius 1 is 1.35 bits per heavy atom. The fraction of sp³-hybridized carbons (Fsp3) is 0.417. The standard InChI is InChI=1S/C12H11F3N2/c13-12(14,15)11-5-8(1-2-9(11)6-16)10-3-4-17-7-10/h1-2,5,10,17H,3-4,7H2. The normalized spacial score (nSPS) is 20.2. The number of nitriles is 1. The number of hydrogen-bond acceptors (Lipinski definition) is 2. The molecule has 1 aliphatic rings. The van der Waals surface area contributed by atoms with Gasteiger partial charge in [0.25, 0.3) is 0 Å². The van der Waals surface area contributed by atoms with Crippen LogP contribution in [0.3, 0.4) is 0 Å². The molecule has 1 unspecified atom stereocenters. The van der Waals surface area contributed by atoms with E-state index >= 15 is 0 Å². The van der Waals surface area contributed by atoms with Gasteiger partial charge in [0.05, 0.1) is 17.2 Å². The minimum absolute atomic E-state index is 0.115. The van der Waals surface area contributed by atoms with Crippen LogP contribution in [-0.4, -0.2) is 13.1 Å². The zero-order valence-electron chi connectivity index (χ0n) is 9.01. The molecule has 2 rings (SSSR count). The van der Waals surface area contributed by atoms with Crippen molar-refractivity contribution in [2.24, 2.45) is 0 Å². The Bertz CT molecular complexity index is 454. The lowest BCUT2D eigenvalue weighted by atomic mass is 9.94. The molecule has 0 spiro atoms. The van der Waals surface area contributed by atoms with E-state index in [1.54, 1.807) is 12.1 Å². The molecule has 1 aliphatic heterocycles. The molecule has 1 N–H and O–H groups in total. The van der Waals surface area contributed by atoms with E-state index in [0.29, 0.717) is 12.1 Å². The summed E-state index contributed by atoms with van der Waals surface area (Å²) in [6, 6.07) is 5.57. The molecule has 1 aromatic carbocycles. The van der Waals surface area contributed by atoms with E-state index in [1.807, 2.05) is 0 Å². The van der Waals surface area contributed by atoms with Crippen LogP contribution in [0, 0.1) is 11.3 Å². The highest BCUT2D eigenvalue weighted by atomic mass is 19.4. The first-order valence-corrected chi connectivity index (χ1v) is 5.34. The van der Waals surface area contributed by atoms with Crippen LogP contribution >= 0.6 is 0 Å². The summed E-state index contributed by atoms with van der Waals surface area (Å²) in [5.41, 5.74) is -0.488. The van der Waals surface area contributed by atoms with Gasteiger partial charge in [-0.1, -0.05) is 6.07 Å². The minimum Gasteiger partial charge on any atom is -0.316 e. The number of rotatable bonds is 1. The minimum atomic E-state index is -4.47. The van der Waals surface area contributed by atoms with Gasteiger partial charge in [0.1, 0.15) is 0 Å². The highest BCUT2D eigenvalue weighted by Gasteiger charge is 2.34. The average Bonchev–Trinajstić information content (AvgIpc) is 2.80. The van der Waals surface area contributed by atoms with Crippen molar-refractivity contribution in [2.45, 2.75) is 18.5 Å². The Balaban J connectivity index is 2.42. The van der Waals surface area contributed by atoms with Crippen LogP contribution in [0.1, 0.15) is 29.0 Å². The van der Waals surface area contributed by atoms with Gasteiger partial charge in [-0.05, 0) is 36.6 Å². The lowest BCUT2D eigenvalue weighted by Gasteiger charge is -2.14. The molecule has 0 aromatic heterocycles. The van der Waals surface area contributed by atoms with Crippen LogP contribution in [0.2, 0.25) is 0 Å². The molecule has 2 nitrogen and oxygen atoms in total. The second-order valence-corrected chi connectivity index (χ2v) is 4.10. The Morgan fingerprint density at radius 3 is 2.65 bits per heavy atom. The molecular formula is C12H11F3N2. The van der Waals surface area contributed by atoms with Gasteiger partial charge in [-0.15, -0.1) is 0 Å². The Morgan fingerprint density at radius 2 is 2.12 bits per heavy atom. The molecule has 0 aliphatic carbocycles. The third-order valence-electron chi connectivity index (χ3n) is 3.00. The summed E-state index contributed by atoms with van der Waals surface area (Å²) in [5, 5.41) is 11.8. The lowest BCUT2D eigenvalue weighted by Crippen LogP contribution is -2.11. The predicted molar refractivity (Wildman–Crippen MR) is 56.4 cm³/mol. The molecule has 1 atom stereocenters. The van der Waals surface area contributed by atoms with Crippen molar-refractivity contribution in [3.63, 3.8) is 0 Å². The van der Waals surface area contributed by atoms with Crippen molar-refractivity contribution in [3.8, 4) is 6.07 Å². The van der Waals surface area contributed by atoms with Crippen molar-refractivity contribution in [1.29, 1.82) is 5.26 Å². The van der Waals surface area contributed by atoms with Crippen LogP contribution in [0.25, 0.3) is 0 Å². The monoisotopic (exact) mass is 240 g/mol. The quantitative estimate of drug-likeness (QED) is 0.819. The zero-order chi connectivity index (χ0) is 12.5. The highest BCUT2D eigenvalue weighted by Crippen LogP contribution is 2.34. The SMILES string of the molecule is N#Cc1ccc(C2CCNC2)cc1C(F)(F)F. The van der Waals surface area contributed by atoms with Gasteiger partial charge >= 0.3 is 6.18 Å². The van der Waals surface area contributed by atoms with Crippen molar-refractivity contribution in [1.82, 2.24) is 5.32 Å². The average molecular weight is 240 g/mol. The summed E-state index contributed by atoms with van der Waals surface area (Å²) >= 11 is 0. The summed E-state index contributed by atoms with van der Waals surface area (Å²) in [4.78, 5) is 0. The molecule has 1 aromatic rings. The number of alkyl halides is 3. The van der Waals surface area contributed by atoms with Gasteiger partial charge in [-0.3, -0.25) is 0 Å². The lowest BCUT2D eigenvalue weighted by molar-refractivity contribution is -0.137. The Kier molecular flexibility index (Phi) is 3.07. The van der Waals surface area contributed by atoms with Gasteiger partial charge < -0.3 is 5.32 Å². The van der Waals surface area contributed by atoms with Crippen molar-refractivity contribution in [2.75, 3.05) is 13.1 Å². The molecule has 0 bridgehead atoms. The molecule has 17 heavy (non-hydrogen) atoms. The van der Waals surface area contributed by atoms with E-state index in [1.165, 1.54) is 6.07 Å². The Labute approximate surface area is 97.1 Å². The molecule has 0 radical (unpaired) electrons. The van der Waals surface area contributed by atoms with E-state index in [0.717, 1.165) is 19.0 Å². The summed E-state index contributed by atoms with van der Waals surface area (Å²) in [6.45, 7) is 1.52. The molecular weight excluding hydrogens is 229 g/mol. The molecule has 5 heteroatoms. The predicted octanol–water partition coefficient (Wildman–Crippen LogP) is 2.65. The van der Waals surface area contributed by atoms with Crippen LogP contribution in [0.15, 0.2) is 18.2 Å². The van der Waals surface area contributed by atoms with Crippen LogP contribution in [0.4, 0.5) is 13.2 Å². The van der Waals surface area contributed by atoms with Gasteiger partial charge in [0.15, 0.2) is 0 Å². The van der Waals surface area contributed by atoms with Crippen LogP contribution in [0.5, 0.6) is 0 Å². The topological polar surface area (TPSA) is 35.8 Å². The first-order valence-electron chi connectivity index (χ1n) is 5.34. The van der Waals surface area contributed by atoms with Gasteiger partial charge in [0, 0.05) is 6.54 Å². The summed E-state index contributed by atoms with van der Waals surface area (Å²) < 4.78 is 38.2. The maximum absolute atomic E-state index is 12.7. The fourth-order valence-electron chi connectivity index (χ4n) is 2.09. The van der Waals surface area contributed by atoms with Gasteiger partial charge in [-0.25, -0.2) is 0 Å². The number of nitrogens with one attached hydrogen (secondary N) is 1. The van der Waals surface area contributed by atoms with Crippen molar-refractivity contribution < 1.29 is 13.2 Å². The molecule has 90 valence electrons. The van der Waals surface area contributed by atoms with Crippen molar-refractivity contribution in [3.05, 3.63) is 34.9 Å². The first-order chi connectivity index (χ1) is 8.02. The summed E-state index contributed by atoms with van der Waals surface area (Å²) in [5.74, 6) is 0.115. The van der Waals surface area contributed by atoms with E-state index in [-0.39, 0.29) is 11.5 Å². The fourth-order valence-corrected chi connectivity index (χ4v) is 2.09. The third-order valence-corrected chi connectivity index (χ3v) is 3.00. The second kappa shape index (κ2) is 4.38. The highest BCUT2D eigenvalue weighted by molar-refractivity contribution is 5.43. The first kappa shape index (κ1) is 11.9. The van der Waals surface area contributed by atoms with E-state index in [4.69, 9.17) is 5.26 Å². The number of hydrogen-bond donors (Lipinski definition) is 1. The smallest absolute Gasteiger partial charge is 0.316 e. The second-order valence-electron chi connectivity index (χ2n) is 4.10. The summed E-state index contributed by atoms with van der Waals surface area (Å²) in [7, 11) is 0. The number of benzene rings is 1. The van der Waals surface area contributed by atoms with Gasteiger partial charge in [0.2, 0.25) is 0 Å². The molecule has 1 fully saturated rings. The van der Waals surface area contributed by atoms with E-state index in [9.17, 15) is 13.2 Å². The Hall–Kier alpha value is -1.54. The number of nitrogens with zero attached hydrogens (tertiary/aromatic N) is 1. The molecule has 1 saturated heterocycles. The zero-order valence-corrected chi connectivity index (χ0v) is 9.01. The molecule has 1 heterocycles. The van der Waals surface area contributed by atoms with E-state index in [2.05, 4.69) is 5.32 Å². The van der Waals surface area contributed by atoms with E-state index < -0.39 is 11.7 Å². The third kappa shape index (κ3) is 2.42. The van der Waals surface area contributed by atoms with Crippen LogP contribution < -0.4 is 5.32 Å².